The van der Waals surface area contributed by atoms with Crippen LogP contribution in [0.3, 0.4) is 0 Å². The lowest BCUT2D eigenvalue weighted by Gasteiger charge is -2.11. The van der Waals surface area contributed by atoms with Crippen LogP contribution in [0.2, 0.25) is 0 Å². The number of thiophene rings is 1. The van der Waals surface area contributed by atoms with E-state index in [1.165, 1.54) is 6.20 Å². The Morgan fingerprint density at radius 2 is 2.43 bits per heavy atom. The minimum absolute atomic E-state index is 0.331. The van der Waals surface area contributed by atoms with E-state index in [0.717, 1.165) is 11.3 Å². The molecular formula is C14H19N3O3S. The normalized spacial score (nSPS) is 12.3. The number of hydrogen-bond donors (Lipinski definition) is 2. The molecule has 114 valence electrons. The monoisotopic (exact) mass is 309 g/mol. The third-order valence-corrected chi connectivity index (χ3v) is 3.82. The van der Waals surface area contributed by atoms with Gasteiger partial charge in [-0.1, -0.05) is 0 Å². The van der Waals surface area contributed by atoms with E-state index in [9.17, 15) is 9.90 Å². The molecule has 1 unspecified atom stereocenters. The number of ether oxygens (including phenoxy) is 1. The lowest BCUT2D eigenvalue weighted by atomic mass is 10.2. The van der Waals surface area contributed by atoms with Crippen LogP contribution in [-0.2, 0) is 18.3 Å². The first-order chi connectivity index (χ1) is 10.1. The van der Waals surface area contributed by atoms with Crippen LogP contribution in [0.4, 0.5) is 0 Å². The van der Waals surface area contributed by atoms with E-state index in [1.54, 1.807) is 30.0 Å². The minimum Gasteiger partial charge on any atom is -0.462 e. The summed E-state index contributed by atoms with van der Waals surface area (Å²) in [6.45, 7) is 2.94. The van der Waals surface area contributed by atoms with E-state index in [-0.39, 0.29) is 5.97 Å². The number of nitrogens with one attached hydrogen (secondary N) is 1. The summed E-state index contributed by atoms with van der Waals surface area (Å²) in [5, 5.41) is 21.1. The fourth-order valence-electron chi connectivity index (χ4n) is 1.96. The Kier molecular flexibility index (Phi) is 5.49. The number of esters is 1. The lowest BCUT2D eigenvalue weighted by molar-refractivity contribution is 0.0524. The van der Waals surface area contributed by atoms with Gasteiger partial charge in [-0.15, -0.1) is 0 Å². The number of aryl methyl sites for hydroxylation is 1. The van der Waals surface area contributed by atoms with Crippen molar-refractivity contribution in [1.82, 2.24) is 15.1 Å². The molecule has 0 aliphatic rings. The van der Waals surface area contributed by atoms with Gasteiger partial charge in [0.25, 0.3) is 0 Å². The molecule has 0 saturated carbocycles. The highest BCUT2D eigenvalue weighted by molar-refractivity contribution is 7.07. The molecule has 0 radical (unpaired) electrons. The molecule has 0 aliphatic heterocycles. The van der Waals surface area contributed by atoms with Crippen LogP contribution in [0.25, 0.3) is 0 Å². The van der Waals surface area contributed by atoms with Crippen LogP contribution < -0.4 is 5.32 Å². The highest BCUT2D eigenvalue weighted by Gasteiger charge is 2.17. The Labute approximate surface area is 127 Å². The summed E-state index contributed by atoms with van der Waals surface area (Å²) in [5.74, 6) is -0.374. The van der Waals surface area contributed by atoms with Gasteiger partial charge in [-0.3, -0.25) is 4.68 Å². The Bertz CT molecular complexity index is 580. The summed E-state index contributed by atoms with van der Waals surface area (Å²) in [6.07, 6.45) is 0.945. The number of hydrogen-bond acceptors (Lipinski definition) is 6. The second kappa shape index (κ2) is 7.35. The summed E-state index contributed by atoms with van der Waals surface area (Å²) in [7, 11) is 1.77. The third kappa shape index (κ3) is 3.90. The molecule has 0 amide bonds. The Morgan fingerprint density at radius 1 is 1.62 bits per heavy atom. The first kappa shape index (κ1) is 15.7. The summed E-state index contributed by atoms with van der Waals surface area (Å²) >= 11 is 1.55. The van der Waals surface area contributed by atoms with Crippen LogP contribution in [0.15, 0.2) is 23.0 Å². The van der Waals surface area contributed by atoms with Crippen molar-refractivity contribution in [3.05, 3.63) is 39.8 Å². The molecule has 2 heterocycles. The van der Waals surface area contributed by atoms with E-state index >= 15 is 0 Å². The Hall–Kier alpha value is -1.70. The standard InChI is InChI=1S/C14H19N3O3S/c1-3-20-14(19)11-6-16-17(2)12(11)7-15-8-13(18)10-4-5-21-9-10/h4-6,9,13,15,18H,3,7-8H2,1-2H3. The Morgan fingerprint density at radius 3 is 3.10 bits per heavy atom. The quantitative estimate of drug-likeness (QED) is 0.758. The average Bonchev–Trinajstić information content (AvgIpc) is 3.09. The molecule has 2 rings (SSSR count). The summed E-state index contributed by atoms with van der Waals surface area (Å²) in [5.41, 5.74) is 2.09. The molecule has 0 saturated heterocycles. The predicted molar refractivity (Wildman–Crippen MR) is 80.2 cm³/mol. The minimum atomic E-state index is -0.560. The molecule has 2 aromatic heterocycles. The number of aliphatic hydroxyl groups excluding tert-OH is 1. The molecule has 7 heteroatoms. The van der Waals surface area contributed by atoms with Gasteiger partial charge < -0.3 is 15.2 Å². The second-order valence-corrected chi connectivity index (χ2v) is 5.33. The van der Waals surface area contributed by atoms with Gasteiger partial charge in [0.1, 0.15) is 5.56 Å². The number of nitrogens with zero attached hydrogens (tertiary/aromatic N) is 2. The molecule has 6 nitrogen and oxygen atoms in total. The second-order valence-electron chi connectivity index (χ2n) is 4.55. The number of carbonyl (C=O) groups is 1. The maximum Gasteiger partial charge on any atom is 0.341 e. The van der Waals surface area contributed by atoms with Crippen LogP contribution in [-0.4, -0.2) is 34.0 Å². The van der Waals surface area contributed by atoms with Crippen molar-refractivity contribution in [3.63, 3.8) is 0 Å². The van der Waals surface area contributed by atoms with Crippen molar-refractivity contribution in [3.8, 4) is 0 Å². The maximum atomic E-state index is 11.8. The number of carbonyl (C=O) groups excluding carboxylic acids is 1. The number of aliphatic hydroxyl groups is 1. The molecule has 2 aromatic rings. The zero-order valence-corrected chi connectivity index (χ0v) is 12.9. The van der Waals surface area contributed by atoms with E-state index in [0.29, 0.717) is 25.3 Å². The topological polar surface area (TPSA) is 76.4 Å². The van der Waals surface area contributed by atoms with Crippen molar-refractivity contribution >= 4 is 17.3 Å². The first-order valence-electron chi connectivity index (χ1n) is 6.72. The number of rotatable bonds is 7. The average molecular weight is 309 g/mol. The molecule has 1 atom stereocenters. The fraction of sp³-hybridized carbons (Fsp3) is 0.429. The van der Waals surface area contributed by atoms with Gasteiger partial charge >= 0.3 is 5.97 Å². The van der Waals surface area contributed by atoms with Gasteiger partial charge in [0.2, 0.25) is 0 Å². The summed E-state index contributed by atoms with van der Waals surface area (Å²) < 4.78 is 6.64. The van der Waals surface area contributed by atoms with Gasteiger partial charge in [-0.25, -0.2) is 4.79 Å². The Balaban J connectivity index is 1.94. The lowest BCUT2D eigenvalue weighted by Crippen LogP contribution is -2.23. The molecule has 0 spiro atoms. The van der Waals surface area contributed by atoms with Crippen molar-refractivity contribution in [2.45, 2.75) is 19.6 Å². The van der Waals surface area contributed by atoms with E-state index in [1.807, 2.05) is 16.8 Å². The van der Waals surface area contributed by atoms with Crippen molar-refractivity contribution in [2.24, 2.45) is 7.05 Å². The smallest absolute Gasteiger partial charge is 0.341 e. The number of aromatic nitrogens is 2. The van der Waals surface area contributed by atoms with Crippen LogP contribution >= 0.6 is 11.3 Å². The van der Waals surface area contributed by atoms with Gasteiger partial charge in [0.05, 0.1) is 24.6 Å². The van der Waals surface area contributed by atoms with Crippen LogP contribution in [0, 0.1) is 0 Å². The zero-order valence-electron chi connectivity index (χ0n) is 12.1. The molecular weight excluding hydrogens is 290 g/mol. The molecule has 0 fully saturated rings. The van der Waals surface area contributed by atoms with Crippen LogP contribution in [0.1, 0.15) is 34.6 Å². The van der Waals surface area contributed by atoms with Crippen molar-refractivity contribution in [1.29, 1.82) is 0 Å². The molecule has 21 heavy (non-hydrogen) atoms. The molecule has 0 aliphatic carbocycles. The van der Waals surface area contributed by atoms with E-state index in [2.05, 4.69) is 10.4 Å². The van der Waals surface area contributed by atoms with Crippen molar-refractivity contribution in [2.75, 3.05) is 13.2 Å². The van der Waals surface area contributed by atoms with Crippen molar-refractivity contribution < 1.29 is 14.6 Å². The SMILES string of the molecule is CCOC(=O)c1cnn(C)c1CNCC(O)c1ccsc1. The first-order valence-corrected chi connectivity index (χ1v) is 7.66. The van der Waals surface area contributed by atoms with E-state index < -0.39 is 6.10 Å². The van der Waals surface area contributed by atoms with Gasteiger partial charge in [0.15, 0.2) is 0 Å². The molecule has 0 bridgehead atoms. The third-order valence-electron chi connectivity index (χ3n) is 3.12. The highest BCUT2D eigenvalue weighted by atomic mass is 32.1. The van der Waals surface area contributed by atoms with E-state index in [4.69, 9.17) is 4.74 Å². The summed E-state index contributed by atoms with van der Waals surface area (Å²) in [6, 6.07) is 1.89. The van der Waals surface area contributed by atoms with Gasteiger partial charge in [-0.2, -0.15) is 16.4 Å². The van der Waals surface area contributed by atoms with Gasteiger partial charge in [0, 0.05) is 20.1 Å². The van der Waals surface area contributed by atoms with Gasteiger partial charge in [-0.05, 0) is 29.3 Å². The molecule has 2 N–H and O–H groups in total. The summed E-state index contributed by atoms with van der Waals surface area (Å²) in [4.78, 5) is 11.8. The fourth-order valence-corrected chi connectivity index (χ4v) is 2.67. The van der Waals surface area contributed by atoms with Crippen LogP contribution in [0.5, 0.6) is 0 Å². The molecule has 0 aromatic carbocycles. The largest absolute Gasteiger partial charge is 0.462 e. The maximum absolute atomic E-state index is 11.8. The highest BCUT2D eigenvalue weighted by Crippen LogP contribution is 2.15. The predicted octanol–water partition coefficient (Wildman–Crippen LogP) is 1.48. The zero-order chi connectivity index (χ0) is 15.2.